The highest BCUT2D eigenvalue weighted by Gasteiger charge is 2.04. The number of allylic oxidation sites excluding steroid dienone is 1. The smallest absolute Gasteiger partial charge is 0.209 e. The third-order valence-corrected chi connectivity index (χ3v) is 3.78. The van der Waals surface area contributed by atoms with E-state index in [4.69, 9.17) is 0 Å². The summed E-state index contributed by atoms with van der Waals surface area (Å²) in [5.41, 5.74) is 2.28. The molecule has 8 heteroatoms. The van der Waals surface area contributed by atoms with Gasteiger partial charge in [0.1, 0.15) is 0 Å². The fourth-order valence-corrected chi connectivity index (χ4v) is 2.49. The highest BCUT2D eigenvalue weighted by atomic mass is 32.2. The van der Waals surface area contributed by atoms with Gasteiger partial charge >= 0.3 is 0 Å². The zero-order valence-electron chi connectivity index (χ0n) is 11.8. The molecule has 2 aromatic heterocycles. The number of hydrogen-bond acceptors (Lipinski definition) is 6. The third kappa shape index (κ3) is 3.91. The van der Waals surface area contributed by atoms with Crippen LogP contribution >= 0.6 is 11.8 Å². The van der Waals surface area contributed by atoms with Crippen molar-refractivity contribution in [3.8, 4) is 0 Å². The second kappa shape index (κ2) is 7.20. The molecule has 2 heterocycles. The SMILES string of the molecule is C=CCn1cc(CNCCSc2nnnn2C)c(C)n1. The highest BCUT2D eigenvalue weighted by Crippen LogP contribution is 2.11. The molecule has 0 saturated heterocycles. The lowest BCUT2D eigenvalue weighted by atomic mass is 10.2. The monoisotopic (exact) mass is 293 g/mol. The van der Waals surface area contributed by atoms with Gasteiger partial charge in [0.2, 0.25) is 5.16 Å². The predicted octanol–water partition coefficient (Wildman–Crippen LogP) is 0.783. The summed E-state index contributed by atoms with van der Waals surface area (Å²) >= 11 is 1.64. The standard InChI is InChI=1S/C12H19N7S/c1-4-6-19-9-11(10(2)15-19)8-13-5-7-20-12-14-16-17-18(12)3/h4,9,13H,1,5-8H2,2-3H3. The van der Waals surface area contributed by atoms with Crippen molar-refractivity contribution in [3.05, 3.63) is 30.1 Å². The average Bonchev–Trinajstić information content (AvgIpc) is 2.97. The first kappa shape index (κ1) is 14.7. The van der Waals surface area contributed by atoms with Crippen molar-refractivity contribution < 1.29 is 0 Å². The third-order valence-electron chi connectivity index (χ3n) is 2.77. The lowest BCUT2D eigenvalue weighted by molar-refractivity contribution is 0.663. The Bertz CT molecular complexity index is 560. The Morgan fingerprint density at radius 3 is 3.05 bits per heavy atom. The molecule has 108 valence electrons. The molecule has 0 aromatic carbocycles. The van der Waals surface area contributed by atoms with Crippen molar-refractivity contribution in [2.24, 2.45) is 7.05 Å². The second-order valence-electron chi connectivity index (χ2n) is 4.36. The van der Waals surface area contributed by atoms with E-state index in [2.05, 4.69) is 38.7 Å². The van der Waals surface area contributed by atoms with Crippen molar-refractivity contribution in [2.45, 2.75) is 25.2 Å². The van der Waals surface area contributed by atoms with Crippen LogP contribution in [-0.2, 0) is 20.1 Å². The van der Waals surface area contributed by atoms with E-state index in [1.165, 1.54) is 5.56 Å². The van der Waals surface area contributed by atoms with E-state index < -0.39 is 0 Å². The molecule has 1 N–H and O–H groups in total. The molecule has 0 radical (unpaired) electrons. The number of thioether (sulfide) groups is 1. The molecule has 0 saturated carbocycles. The van der Waals surface area contributed by atoms with Gasteiger partial charge in [-0.1, -0.05) is 17.8 Å². The number of aromatic nitrogens is 6. The molecule has 7 nitrogen and oxygen atoms in total. The summed E-state index contributed by atoms with van der Waals surface area (Å²) in [6, 6.07) is 0. The van der Waals surface area contributed by atoms with E-state index in [9.17, 15) is 0 Å². The molecule has 0 bridgehead atoms. The Morgan fingerprint density at radius 2 is 2.35 bits per heavy atom. The lowest BCUT2D eigenvalue weighted by Crippen LogP contribution is -2.17. The number of aryl methyl sites for hydroxylation is 2. The molecule has 20 heavy (non-hydrogen) atoms. The maximum Gasteiger partial charge on any atom is 0.209 e. The molecular weight excluding hydrogens is 274 g/mol. The minimum Gasteiger partial charge on any atom is -0.312 e. The van der Waals surface area contributed by atoms with Gasteiger partial charge in [-0.25, -0.2) is 4.68 Å². The Balaban J connectivity index is 1.70. The van der Waals surface area contributed by atoms with Crippen LogP contribution in [0.5, 0.6) is 0 Å². The summed E-state index contributed by atoms with van der Waals surface area (Å²) in [7, 11) is 1.84. The molecule has 0 atom stereocenters. The number of nitrogens with one attached hydrogen (secondary N) is 1. The summed E-state index contributed by atoms with van der Waals surface area (Å²) in [5.74, 6) is 0.925. The number of rotatable bonds is 8. The van der Waals surface area contributed by atoms with Gasteiger partial charge in [0.25, 0.3) is 0 Å². The van der Waals surface area contributed by atoms with Gasteiger partial charge in [0.15, 0.2) is 0 Å². The molecule has 0 spiro atoms. The Kier molecular flexibility index (Phi) is 5.31. The maximum atomic E-state index is 4.42. The first-order chi connectivity index (χ1) is 9.70. The van der Waals surface area contributed by atoms with E-state index in [1.54, 1.807) is 16.4 Å². The van der Waals surface area contributed by atoms with E-state index >= 15 is 0 Å². The zero-order chi connectivity index (χ0) is 14.4. The van der Waals surface area contributed by atoms with Crippen molar-refractivity contribution in [1.82, 2.24) is 35.3 Å². The van der Waals surface area contributed by atoms with E-state index in [1.807, 2.05) is 24.7 Å². The van der Waals surface area contributed by atoms with Crippen LogP contribution in [0, 0.1) is 6.92 Å². The van der Waals surface area contributed by atoms with E-state index in [0.717, 1.165) is 36.2 Å². The Labute approximate surface area is 122 Å². The summed E-state index contributed by atoms with van der Waals surface area (Å²) < 4.78 is 3.58. The largest absolute Gasteiger partial charge is 0.312 e. The normalized spacial score (nSPS) is 10.9. The molecule has 0 unspecified atom stereocenters. The zero-order valence-corrected chi connectivity index (χ0v) is 12.6. The van der Waals surface area contributed by atoms with Gasteiger partial charge < -0.3 is 5.32 Å². The molecule has 2 aromatic rings. The van der Waals surface area contributed by atoms with Crippen molar-refractivity contribution in [3.63, 3.8) is 0 Å². The van der Waals surface area contributed by atoms with Crippen LogP contribution < -0.4 is 5.32 Å². The predicted molar refractivity (Wildman–Crippen MR) is 78.4 cm³/mol. The molecule has 2 rings (SSSR count). The molecule has 0 aliphatic heterocycles. The fraction of sp³-hybridized carbons (Fsp3) is 0.500. The number of hydrogen-bond donors (Lipinski definition) is 1. The van der Waals surface area contributed by atoms with Crippen LogP contribution in [0.25, 0.3) is 0 Å². The van der Waals surface area contributed by atoms with Crippen LogP contribution in [0.3, 0.4) is 0 Å². The number of nitrogens with zero attached hydrogens (tertiary/aromatic N) is 6. The first-order valence-corrected chi connectivity index (χ1v) is 7.39. The van der Waals surface area contributed by atoms with Gasteiger partial charge in [-0.2, -0.15) is 5.10 Å². The average molecular weight is 293 g/mol. The van der Waals surface area contributed by atoms with Crippen LogP contribution in [0.2, 0.25) is 0 Å². The van der Waals surface area contributed by atoms with Crippen LogP contribution in [0.1, 0.15) is 11.3 Å². The van der Waals surface area contributed by atoms with Crippen molar-refractivity contribution >= 4 is 11.8 Å². The Hall–Kier alpha value is -1.67. The van der Waals surface area contributed by atoms with Gasteiger partial charge in [0, 0.05) is 37.7 Å². The second-order valence-corrected chi connectivity index (χ2v) is 5.42. The minimum atomic E-state index is 0.746. The lowest BCUT2D eigenvalue weighted by Gasteiger charge is -2.03. The van der Waals surface area contributed by atoms with Crippen LogP contribution in [0.15, 0.2) is 24.0 Å². The summed E-state index contributed by atoms with van der Waals surface area (Å²) in [6.07, 6.45) is 3.90. The van der Waals surface area contributed by atoms with Crippen LogP contribution in [0.4, 0.5) is 0 Å². The highest BCUT2D eigenvalue weighted by molar-refractivity contribution is 7.99. The first-order valence-electron chi connectivity index (χ1n) is 6.40. The molecular formula is C12H19N7S. The molecule has 0 aliphatic rings. The summed E-state index contributed by atoms with van der Waals surface area (Å²) in [6.45, 7) is 8.20. The number of tetrazole rings is 1. The topological polar surface area (TPSA) is 73.5 Å². The van der Waals surface area contributed by atoms with Gasteiger partial charge in [-0.15, -0.1) is 11.7 Å². The molecule has 0 amide bonds. The Morgan fingerprint density at radius 1 is 1.50 bits per heavy atom. The minimum absolute atomic E-state index is 0.746. The molecule has 0 fully saturated rings. The van der Waals surface area contributed by atoms with Gasteiger partial charge in [0.05, 0.1) is 12.2 Å². The van der Waals surface area contributed by atoms with Crippen LogP contribution in [-0.4, -0.2) is 42.3 Å². The van der Waals surface area contributed by atoms with Crippen molar-refractivity contribution in [2.75, 3.05) is 12.3 Å². The maximum absolute atomic E-state index is 4.42. The van der Waals surface area contributed by atoms with Crippen molar-refractivity contribution in [1.29, 1.82) is 0 Å². The van der Waals surface area contributed by atoms with E-state index in [0.29, 0.717) is 0 Å². The summed E-state index contributed by atoms with van der Waals surface area (Å²) in [4.78, 5) is 0. The summed E-state index contributed by atoms with van der Waals surface area (Å²) in [5, 5.41) is 20.0. The van der Waals surface area contributed by atoms with Gasteiger partial charge in [-0.3, -0.25) is 4.68 Å². The molecule has 0 aliphatic carbocycles. The van der Waals surface area contributed by atoms with Gasteiger partial charge in [-0.05, 0) is 17.4 Å². The van der Waals surface area contributed by atoms with E-state index in [-0.39, 0.29) is 0 Å². The fourth-order valence-electron chi connectivity index (χ4n) is 1.74. The quantitative estimate of drug-likeness (QED) is 0.440.